The van der Waals surface area contributed by atoms with E-state index in [0.717, 1.165) is 35.0 Å². The van der Waals surface area contributed by atoms with E-state index in [4.69, 9.17) is 9.47 Å². The first-order chi connectivity index (χ1) is 13.6. The van der Waals surface area contributed by atoms with Gasteiger partial charge in [0.25, 0.3) is 0 Å². The molecular weight excluding hydrogens is 527 g/mol. The van der Waals surface area contributed by atoms with Gasteiger partial charge >= 0.3 is 0 Å². The second kappa shape index (κ2) is 12.1. The Morgan fingerprint density at radius 3 is 2.72 bits per heavy atom. The Hall–Kier alpha value is -0.920. The van der Waals surface area contributed by atoms with E-state index in [1.807, 2.05) is 25.1 Å². The van der Waals surface area contributed by atoms with E-state index in [1.54, 1.807) is 16.1 Å². The number of ether oxygens (including phenoxy) is 2. The standard InChI is InChI=1S/C18H28N4O4S2.HI/c1-2-19-18(21-7-12-28(23,24)22-8-10-27-11-9-22)20-6-5-15-3-4-16-17(13-15)26-14-25-16;/h3-4,13H,2,5-12,14H2,1H3,(H2,19,20,21);1H. The molecule has 8 nitrogen and oxygen atoms in total. The molecule has 11 heteroatoms. The summed E-state index contributed by atoms with van der Waals surface area (Å²) in [6.45, 7) is 5.10. The Bertz CT molecular complexity index is 786. The third-order valence-corrected chi connectivity index (χ3v) is 7.26. The molecule has 0 aromatic heterocycles. The molecule has 1 fully saturated rings. The number of hydrogen-bond donors (Lipinski definition) is 2. The van der Waals surface area contributed by atoms with Crippen molar-refractivity contribution in [3.63, 3.8) is 0 Å². The van der Waals surface area contributed by atoms with Crippen LogP contribution < -0.4 is 20.1 Å². The van der Waals surface area contributed by atoms with Crippen molar-refractivity contribution in [3.8, 4) is 11.5 Å². The lowest BCUT2D eigenvalue weighted by molar-refractivity contribution is 0.174. The molecule has 2 N–H and O–H groups in total. The number of guanidine groups is 1. The fraction of sp³-hybridized carbons (Fsp3) is 0.611. The highest BCUT2D eigenvalue weighted by Gasteiger charge is 2.23. The van der Waals surface area contributed by atoms with Crippen LogP contribution in [0.1, 0.15) is 12.5 Å². The average Bonchev–Trinajstić information content (AvgIpc) is 3.16. The maximum Gasteiger partial charge on any atom is 0.231 e. The Kier molecular flexibility index (Phi) is 10.1. The number of rotatable bonds is 8. The van der Waals surface area contributed by atoms with Gasteiger partial charge in [0.2, 0.25) is 16.8 Å². The number of fused-ring (bicyclic) bond motifs is 1. The van der Waals surface area contributed by atoms with Crippen LogP contribution in [0.3, 0.4) is 0 Å². The zero-order valence-electron chi connectivity index (χ0n) is 16.6. The van der Waals surface area contributed by atoms with E-state index in [0.29, 0.717) is 32.1 Å². The molecule has 0 spiro atoms. The van der Waals surface area contributed by atoms with Gasteiger partial charge < -0.3 is 20.1 Å². The number of thioether (sulfide) groups is 1. The lowest BCUT2D eigenvalue weighted by Gasteiger charge is -2.25. The summed E-state index contributed by atoms with van der Waals surface area (Å²) >= 11 is 1.80. The fourth-order valence-corrected chi connectivity index (χ4v) is 5.44. The van der Waals surface area contributed by atoms with Crippen LogP contribution in [0.25, 0.3) is 0 Å². The van der Waals surface area contributed by atoms with Crippen molar-refractivity contribution in [2.75, 3.05) is 56.8 Å². The Balaban J connectivity index is 0.00000300. The Morgan fingerprint density at radius 1 is 1.21 bits per heavy atom. The van der Waals surface area contributed by atoms with Gasteiger partial charge in [-0.15, -0.1) is 24.0 Å². The molecule has 0 amide bonds. The van der Waals surface area contributed by atoms with Gasteiger partial charge in [-0.3, -0.25) is 4.99 Å². The van der Waals surface area contributed by atoms with Crippen molar-refractivity contribution < 1.29 is 17.9 Å². The van der Waals surface area contributed by atoms with E-state index >= 15 is 0 Å². The van der Waals surface area contributed by atoms with Gasteiger partial charge in [0.1, 0.15) is 0 Å². The highest BCUT2D eigenvalue weighted by Crippen LogP contribution is 2.32. The molecule has 1 aromatic rings. The highest BCUT2D eigenvalue weighted by molar-refractivity contribution is 14.0. The van der Waals surface area contributed by atoms with Crippen molar-refractivity contribution in [1.29, 1.82) is 0 Å². The van der Waals surface area contributed by atoms with E-state index in [2.05, 4.69) is 15.6 Å². The third-order valence-electron chi connectivity index (χ3n) is 4.47. The molecule has 2 aliphatic heterocycles. The molecule has 3 rings (SSSR count). The maximum atomic E-state index is 12.4. The number of nitrogens with one attached hydrogen (secondary N) is 2. The first-order valence-electron chi connectivity index (χ1n) is 9.55. The lowest BCUT2D eigenvalue weighted by Crippen LogP contribution is -2.41. The lowest BCUT2D eigenvalue weighted by atomic mass is 10.1. The van der Waals surface area contributed by atoms with Crippen molar-refractivity contribution >= 4 is 51.7 Å². The van der Waals surface area contributed by atoms with Gasteiger partial charge in [0.05, 0.1) is 12.3 Å². The molecule has 1 aromatic carbocycles. The number of aliphatic imine (C=N–C) groups is 1. The summed E-state index contributed by atoms with van der Waals surface area (Å²) in [6.07, 6.45) is 0.796. The topological polar surface area (TPSA) is 92.3 Å². The van der Waals surface area contributed by atoms with Crippen LogP contribution in [0.4, 0.5) is 0 Å². The summed E-state index contributed by atoms with van der Waals surface area (Å²) in [7, 11) is -3.23. The molecule has 0 atom stereocenters. The van der Waals surface area contributed by atoms with Crippen molar-refractivity contribution in [3.05, 3.63) is 23.8 Å². The number of benzene rings is 1. The molecule has 29 heavy (non-hydrogen) atoms. The van der Waals surface area contributed by atoms with Crippen LogP contribution in [0, 0.1) is 0 Å². The normalized spacial score (nSPS) is 16.9. The molecular formula is C18H29IN4O4S2. The van der Waals surface area contributed by atoms with Gasteiger partial charge in [-0.1, -0.05) is 6.07 Å². The number of nitrogens with zero attached hydrogens (tertiary/aromatic N) is 2. The smallest absolute Gasteiger partial charge is 0.231 e. The van der Waals surface area contributed by atoms with E-state index in [-0.39, 0.29) is 43.1 Å². The minimum atomic E-state index is -3.23. The molecule has 0 bridgehead atoms. The summed E-state index contributed by atoms with van der Waals surface area (Å²) in [5, 5.41) is 6.42. The first-order valence-corrected chi connectivity index (χ1v) is 12.3. The molecule has 0 saturated carbocycles. The summed E-state index contributed by atoms with van der Waals surface area (Å²) in [4.78, 5) is 4.42. The van der Waals surface area contributed by atoms with E-state index in [1.165, 1.54) is 0 Å². The first kappa shape index (κ1) is 24.4. The fourth-order valence-electron chi connectivity index (χ4n) is 2.99. The van der Waals surface area contributed by atoms with Crippen LogP contribution in [0.15, 0.2) is 23.2 Å². The van der Waals surface area contributed by atoms with Crippen LogP contribution >= 0.6 is 35.7 Å². The number of halogens is 1. The van der Waals surface area contributed by atoms with Crippen LogP contribution in [0.2, 0.25) is 0 Å². The second-order valence-electron chi connectivity index (χ2n) is 6.45. The van der Waals surface area contributed by atoms with Gasteiger partial charge in [0, 0.05) is 37.7 Å². The van der Waals surface area contributed by atoms with Crippen LogP contribution in [-0.2, 0) is 16.4 Å². The van der Waals surface area contributed by atoms with Gasteiger partial charge in [-0.25, -0.2) is 12.7 Å². The molecule has 2 heterocycles. The summed E-state index contributed by atoms with van der Waals surface area (Å²) in [5.41, 5.74) is 1.14. The summed E-state index contributed by atoms with van der Waals surface area (Å²) < 4.78 is 37.1. The molecule has 2 aliphatic rings. The quantitative estimate of drug-likeness (QED) is 0.285. The summed E-state index contributed by atoms with van der Waals surface area (Å²) in [6, 6.07) is 5.92. The van der Waals surface area contributed by atoms with E-state index < -0.39 is 10.0 Å². The highest BCUT2D eigenvalue weighted by atomic mass is 127. The minimum absolute atomic E-state index is 0. The molecule has 1 saturated heterocycles. The monoisotopic (exact) mass is 556 g/mol. The SMILES string of the molecule is CCNC(=NCCS(=O)(=O)N1CCSCC1)NCCc1ccc2c(c1)OCO2.I. The van der Waals surface area contributed by atoms with Crippen LogP contribution in [-0.4, -0.2) is 75.5 Å². The third kappa shape index (κ3) is 7.37. The average molecular weight is 556 g/mol. The zero-order valence-corrected chi connectivity index (χ0v) is 20.5. The van der Waals surface area contributed by atoms with Gasteiger partial charge in [0.15, 0.2) is 17.5 Å². The van der Waals surface area contributed by atoms with Crippen molar-refractivity contribution in [2.24, 2.45) is 4.99 Å². The molecule has 0 unspecified atom stereocenters. The minimum Gasteiger partial charge on any atom is -0.454 e. The van der Waals surface area contributed by atoms with Gasteiger partial charge in [-0.05, 0) is 31.0 Å². The maximum absolute atomic E-state index is 12.4. The molecule has 164 valence electrons. The number of sulfonamides is 1. The molecule has 0 radical (unpaired) electrons. The van der Waals surface area contributed by atoms with Gasteiger partial charge in [-0.2, -0.15) is 11.8 Å². The van der Waals surface area contributed by atoms with Crippen molar-refractivity contribution in [1.82, 2.24) is 14.9 Å². The largest absolute Gasteiger partial charge is 0.454 e. The Morgan fingerprint density at radius 2 is 1.97 bits per heavy atom. The zero-order chi connectivity index (χ0) is 19.8. The predicted octanol–water partition coefficient (Wildman–Crippen LogP) is 1.51. The van der Waals surface area contributed by atoms with Crippen molar-refractivity contribution in [2.45, 2.75) is 13.3 Å². The predicted molar refractivity (Wildman–Crippen MR) is 128 cm³/mol. The molecule has 0 aliphatic carbocycles. The summed E-state index contributed by atoms with van der Waals surface area (Å²) in [5.74, 6) is 3.96. The number of hydrogen-bond acceptors (Lipinski definition) is 6. The van der Waals surface area contributed by atoms with Crippen LogP contribution in [0.5, 0.6) is 11.5 Å². The van der Waals surface area contributed by atoms with E-state index in [9.17, 15) is 8.42 Å². The Labute approximate surface area is 194 Å². The second-order valence-corrected chi connectivity index (χ2v) is 9.77.